The van der Waals surface area contributed by atoms with Gasteiger partial charge < -0.3 is 4.57 Å². The van der Waals surface area contributed by atoms with Crippen molar-refractivity contribution in [3.05, 3.63) is 24.2 Å². The summed E-state index contributed by atoms with van der Waals surface area (Å²) in [4.78, 5) is 9.43. The lowest BCUT2D eigenvalue weighted by Gasteiger charge is -2.22. The molecule has 0 atom stereocenters. The molecule has 0 bridgehead atoms. The van der Waals surface area contributed by atoms with Crippen LogP contribution in [-0.2, 0) is 6.54 Å². The average Bonchev–Trinajstić information content (AvgIpc) is 2.78. The molecule has 0 N–H and O–H groups in total. The van der Waals surface area contributed by atoms with Gasteiger partial charge in [0.05, 0.1) is 0 Å². The maximum atomic E-state index is 4.88. The van der Waals surface area contributed by atoms with Gasteiger partial charge in [0.25, 0.3) is 0 Å². The topological polar surface area (TPSA) is 30.7 Å². The highest BCUT2D eigenvalue weighted by Crippen LogP contribution is 2.32. The van der Waals surface area contributed by atoms with Crippen LogP contribution < -0.4 is 0 Å². The summed E-state index contributed by atoms with van der Waals surface area (Å²) < 4.78 is 2.36. The number of aromatic nitrogens is 3. The number of pyridine rings is 1. The second-order valence-corrected chi connectivity index (χ2v) is 6.93. The lowest BCUT2D eigenvalue weighted by atomic mass is 10.0. The highest BCUT2D eigenvalue weighted by molar-refractivity contribution is 7.99. The van der Waals surface area contributed by atoms with Gasteiger partial charge in [-0.05, 0) is 42.4 Å². The first-order chi connectivity index (χ1) is 9.25. The molecular weight excluding hydrogens is 254 g/mol. The Kier molecular flexibility index (Phi) is 3.78. The van der Waals surface area contributed by atoms with E-state index in [2.05, 4.69) is 41.2 Å². The second kappa shape index (κ2) is 5.53. The Labute approximate surface area is 118 Å². The summed E-state index contributed by atoms with van der Waals surface area (Å²) in [6.07, 6.45) is 4.39. The first-order valence-corrected chi connectivity index (χ1v) is 8.30. The number of fused-ring (bicyclic) bond motifs is 1. The summed E-state index contributed by atoms with van der Waals surface area (Å²) in [6.45, 7) is 5.54. The van der Waals surface area contributed by atoms with Crippen molar-refractivity contribution in [1.29, 1.82) is 0 Å². The predicted octanol–water partition coefficient (Wildman–Crippen LogP) is 3.70. The van der Waals surface area contributed by atoms with Gasteiger partial charge in [-0.15, -0.1) is 0 Å². The van der Waals surface area contributed by atoms with Gasteiger partial charge in [0, 0.05) is 18.7 Å². The van der Waals surface area contributed by atoms with Gasteiger partial charge in [-0.3, -0.25) is 0 Å². The van der Waals surface area contributed by atoms with E-state index in [0.717, 1.165) is 17.7 Å². The fraction of sp³-hybridized carbons (Fsp3) is 0.600. The number of rotatable bonds is 3. The molecular formula is C15H21N3S. The van der Waals surface area contributed by atoms with Crippen LogP contribution in [0, 0.1) is 5.92 Å². The average molecular weight is 275 g/mol. The molecule has 1 saturated heterocycles. The van der Waals surface area contributed by atoms with Gasteiger partial charge in [-0.1, -0.05) is 13.8 Å². The van der Waals surface area contributed by atoms with Crippen molar-refractivity contribution in [3.8, 4) is 0 Å². The van der Waals surface area contributed by atoms with Crippen molar-refractivity contribution in [2.24, 2.45) is 5.92 Å². The first-order valence-electron chi connectivity index (χ1n) is 7.14. The molecule has 1 fully saturated rings. The molecule has 4 heteroatoms. The summed E-state index contributed by atoms with van der Waals surface area (Å²) >= 11 is 2.07. The van der Waals surface area contributed by atoms with Crippen LogP contribution in [-0.4, -0.2) is 26.0 Å². The third kappa shape index (κ3) is 2.64. The van der Waals surface area contributed by atoms with E-state index in [9.17, 15) is 0 Å². The fourth-order valence-electron chi connectivity index (χ4n) is 2.79. The maximum absolute atomic E-state index is 4.88. The van der Waals surface area contributed by atoms with Crippen molar-refractivity contribution in [2.45, 2.75) is 39.2 Å². The molecule has 1 aliphatic rings. The Hall–Kier alpha value is -1.03. The minimum absolute atomic E-state index is 0.620. The normalized spacial score (nSPS) is 17.4. The summed E-state index contributed by atoms with van der Waals surface area (Å²) in [6, 6.07) is 4.07. The zero-order valence-electron chi connectivity index (χ0n) is 11.7. The van der Waals surface area contributed by atoms with Crippen molar-refractivity contribution in [1.82, 2.24) is 14.5 Å². The summed E-state index contributed by atoms with van der Waals surface area (Å²) in [5, 5.41) is 0. The van der Waals surface area contributed by atoms with Gasteiger partial charge in [0.1, 0.15) is 11.3 Å². The van der Waals surface area contributed by atoms with E-state index >= 15 is 0 Å². The van der Waals surface area contributed by atoms with Crippen LogP contribution in [0.3, 0.4) is 0 Å². The lowest BCUT2D eigenvalue weighted by Crippen LogP contribution is -2.16. The van der Waals surface area contributed by atoms with Crippen molar-refractivity contribution in [3.63, 3.8) is 0 Å². The zero-order chi connectivity index (χ0) is 13.2. The van der Waals surface area contributed by atoms with Crippen LogP contribution in [0.2, 0.25) is 0 Å². The molecule has 0 unspecified atom stereocenters. The van der Waals surface area contributed by atoms with E-state index in [0.29, 0.717) is 11.8 Å². The van der Waals surface area contributed by atoms with Crippen molar-refractivity contribution >= 4 is 22.9 Å². The first kappa shape index (κ1) is 13.0. The van der Waals surface area contributed by atoms with Crippen LogP contribution in [0.25, 0.3) is 11.2 Å². The molecule has 3 heterocycles. The SMILES string of the molecule is CC(C)Cn1c(C2CCSCC2)nc2cccnc21. The third-order valence-electron chi connectivity index (χ3n) is 3.67. The van der Waals surface area contributed by atoms with Gasteiger partial charge in [0.2, 0.25) is 0 Å². The Morgan fingerprint density at radius 2 is 2.16 bits per heavy atom. The van der Waals surface area contributed by atoms with Gasteiger partial charge in [-0.25, -0.2) is 9.97 Å². The van der Waals surface area contributed by atoms with Gasteiger partial charge >= 0.3 is 0 Å². The number of hydrogen-bond acceptors (Lipinski definition) is 3. The number of hydrogen-bond donors (Lipinski definition) is 0. The zero-order valence-corrected chi connectivity index (χ0v) is 12.5. The van der Waals surface area contributed by atoms with Crippen molar-refractivity contribution in [2.75, 3.05) is 11.5 Å². The molecule has 102 valence electrons. The predicted molar refractivity (Wildman–Crippen MR) is 81.7 cm³/mol. The number of nitrogens with zero attached hydrogens (tertiary/aromatic N) is 3. The molecule has 0 amide bonds. The molecule has 0 aliphatic carbocycles. The van der Waals surface area contributed by atoms with Crippen molar-refractivity contribution < 1.29 is 0 Å². The minimum Gasteiger partial charge on any atom is -0.312 e. The summed E-state index contributed by atoms with van der Waals surface area (Å²) in [5.41, 5.74) is 2.11. The molecule has 3 rings (SSSR count). The largest absolute Gasteiger partial charge is 0.312 e. The molecule has 19 heavy (non-hydrogen) atoms. The highest BCUT2D eigenvalue weighted by Gasteiger charge is 2.23. The molecule has 2 aromatic heterocycles. The van der Waals surface area contributed by atoms with Crippen LogP contribution in [0.5, 0.6) is 0 Å². The van der Waals surface area contributed by atoms with E-state index < -0.39 is 0 Å². The van der Waals surface area contributed by atoms with Crippen LogP contribution in [0.1, 0.15) is 38.4 Å². The molecule has 0 radical (unpaired) electrons. The Balaban J connectivity index is 2.05. The smallest absolute Gasteiger partial charge is 0.159 e. The lowest BCUT2D eigenvalue weighted by molar-refractivity contribution is 0.483. The third-order valence-corrected chi connectivity index (χ3v) is 4.72. The van der Waals surface area contributed by atoms with E-state index in [-0.39, 0.29) is 0 Å². The monoisotopic (exact) mass is 275 g/mol. The number of imidazole rings is 1. The quantitative estimate of drug-likeness (QED) is 0.855. The molecule has 1 aliphatic heterocycles. The van der Waals surface area contributed by atoms with E-state index in [4.69, 9.17) is 4.98 Å². The van der Waals surface area contributed by atoms with E-state index in [1.54, 1.807) is 0 Å². The summed E-state index contributed by atoms with van der Waals surface area (Å²) in [5.74, 6) is 5.04. The minimum atomic E-state index is 0.620. The van der Waals surface area contributed by atoms with Crippen LogP contribution >= 0.6 is 11.8 Å². The number of thioether (sulfide) groups is 1. The van der Waals surface area contributed by atoms with E-state index in [1.165, 1.54) is 30.2 Å². The fourth-order valence-corrected chi connectivity index (χ4v) is 3.90. The highest BCUT2D eigenvalue weighted by atomic mass is 32.2. The van der Waals surface area contributed by atoms with Gasteiger partial charge in [-0.2, -0.15) is 11.8 Å². The van der Waals surface area contributed by atoms with E-state index in [1.807, 2.05) is 12.3 Å². The molecule has 2 aromatic rings. The Bertz CT molecular complexity index is 556. The summed E-state index contributed by atoms with van der Waals surface area (Å²) in [7, 11) is 0. The Morgan fingerprint density at radius 1 is 1.37 bits per heavy atom. The second-order valence-electron chi connectivity index (χ2n) is 5.71. The van der Waals surface area contributed by atoms with Gasteiger partial charge in [0.15, 0.2) is 5.65 Å². The molecule has 0 saturated carbocycles. The van der Waals surface area contributed by atoms with Crippen LogP contribution in [0.15, 0.2) is 18.3 Å². The molecule has 0 spiro atoms. The standard InChI is InChI=1S/C15H21N3S/c1-11(2)10-18-14(12-5-8-19-9-6-12)17-13-4-3-7-16-15(13)18/h3-4,7,11-12H,5-6,8-10H2,1-2H3. The molecule has 0 aromatic carbocycles. The maximum Gasteiger partial charge on any atom is 0.159 e. The molecule has 3 nitrogen and oxygen atoms in total. The van der Waals surface area contributed by atoms with Crippen LogP contribution in [0.4, 0.5) is 0 Å². The Morgan fingerprint density at radius 3 is 2.89 bits per heavy atom.